The van der Waals surface area contributed by atoms with Crippen LogP contribution >= 0.6 is 0 Å². The van der Waals surface area contributed by atoms with Crippen molar-refractivity contribution in [2.75, 3.05) is 55.6 Å². The number of carbonyl (C=O) groups is 2. The largest absolute Gasteiger partial charge is 0.355 e. The van der Waals surface area contributed by atoms with Crippen molar-refractivity contribution in [1.29, 1.82) is 0 Å². The fourth-order valence-corrected chi connectivity index (χ4v) is 4.25. The van der Waals surface area contributed by atoms with Gasteiger partial charge in [-0.15, -0.1) is 0 Å². The summed E-state index contributed by atoms with van der Waals surface area (Å²) in [6.45, 7) is 9.48. The highest BCUT2D eigenvalue weighted by Gasteiger charge is 2.35. The highest BCUT2D eigenvalue weighted by atomic mass is 16.2. The second-order valence-corrected chi connectivity index (χ2v) is 8.29. The highest BCUT2D eigenvalue weighted by Crippen LogP contribution is 2.29. The minimum atomic E-state index is -0.292. The first-order valence-electron chi connectivity index (χ1n) is 10.9. The van der Waals surface area contributed by atoms with Crippen LogP contribution < -0.4 is 15.1 Å². The molecule has 4 rings (SSSR count). The Labute approximate surface area is 183 Å². The molecular weight excluding hydrogens is 392 g/mol. The summed E-state index contributed by atoms with van der Waals surface area (Å²) in [5.41, 5.74) is 3.16. The zero-order chi connectivity index (χ0) is 21.8. The predicted octanol–water partition coefficient (Wildman–Crippen LogP) is 1.38. The first-order chi connectivity index (χ1) is 15.0. The summed E-state index contributed by atoms with van der Waals surface area (Å²) in [7, 11) is 0. The fourth-order valence-electron chi connectivity index (χ4n) is 4.25. The van der Waals surface area contributed by atoms with Gasteiger partial charge in [0.15, 0.2) is 0 Å². The summed E-state index contributed by atoms with van der Waals surface area (Å²) >= 11 is 0. The molecule has 164 valence electrons. The number of aryl methyl sites for hydroxylation is 1. The third-order valence-electron chi connectivity index (χ3n) is 6.30. The van der Waals surface area contributed by atoms with Crippen LogP contribution in [0.25, 0.3) is 0 Å². The summed E-state index contributed by atoms with van der Waals surface area (Å²) < 4.78 is 0. The summed E-state index contributed by atoms with van der Waals surface area (Å²) in [4.78, 5) is 40.1. The maximum Gasteiger partial charge on any atom is 0.227 e. The molecule has 2 aliphatic heterocycles. The minimum absolute atomic E-state index is 0.0214. The van der Waals surface area contributed by atoms with Crippen molar-refractivity contribution in [3.05, 3.63) is 47.8 Å². The quantitative estimate of drug-likeness (QED) is 0.758. The van der Waals surface area contributed by atoms with E-state index < -0.39 is 0 Å². The van der Waals surface area contributed by atoms with E-state index in [2.05, 4.69) is 25.1 Å². The predicted molar refractivity (Wildman–Crippen MR) is 120 cm³/mol. The average Bonchev–Trinajstić information content (AvgIpc) is 3.18. The van der Waals surface area contributed by atoms with E-state index in [0.29, 0.717) is 13.1 Å². The molecule has 0 bridgehead atoms. The van der Waals surface area contributed by atoms with Crippen molar-refractivity contribution in [2.45, 2.75) is 20.3 Å². The molecule has 3 heterocycles. The number of anilines is 2. The van der Waals surface area contributed by atoms with Crippen LogP contribution in [0, 0.1) is 19.8 Å². The zero-order valence-electron chi connectivity index (χ0n) is 18.3. The molecule has 2 amide bonds. The van der Waals surface area contributed by atoms with E-state index in [1.165, 1.54) is 0 Å². The van der Waals surface area contributed by atoms with Crippen molar-refractivity contribution in [2.24, 2.45) is 5.92 Å². The lowest BCUT2D eigenvalue weighted by Crippen LogP contribution is -2.49. The molecule has 8 nitrogen and oxygen atoms in total. The third kappa shape index (κ3) is 4.85. The molecular formula is C23H30N6O2. The average molecular weight is 423 g/mol. The molecule has 1 unspecified atom stereocenters. The lowest BCUT2D eigenvalue weighted by atomic mass is 10.1. The van der Waals surface area contributed by atoms with Crippen LogP contribution in [0.15, 0.2) is 36.7 Å². The highest BCUT2D eigenvalue weighted by molar-refractivity contribution is 6.00. The molecule has 1 aromatic carbocycles. The van der Waals surface area contributed by atoms with Gasteiger partial charge in [0.1, 0.15) is 0 Å². The van der Waals surface area contributed by atoms with Gasteiger partial charge in [-0.2, -0.15) is 0 Å². The first kappa shape index (κ1) is 21.2. The van der Waals surface area contributed by atoms with E-state index >= 15 is 0 Å². The minimum Gasteiger partial charge on any atom is -0.355 e. The molecule has 1 N–H and O–H groups in total. The number of hydrogen-bond acceptors (Lipinski definition) is 6. The normalized spacial score (nSPS) is 19.7. The molecule has 1 aromatic heterocycles. The van der Waals surface area contributed by atoms with Crippen molar-refractivity contribution in [3.63, 3.8) is 0 Å². The number of aromatic nitrogens is 2. The first-order valence-corrected chi connectivity index (χ1v) is 10.9. The molecule has 0 aliphatic carbocycles. The summed E-state index contributed by atoms with van der Waals surface area (Å²) in [6, 6.07) is 7.78. The molecule has 2 aliphatic rings. The number of benzene rings is 1. The van der Waals surface area contributed by atoms with Crippen molar-refractivity contribution >= 4 is 23.5 Å². The van der Waals surface area contributed by atoms with Crippen LogP contribution in [0.1, 0.15) is 17.5 Å². The Morgan fingerprint density at radius 3 is 2.58 bits per heavy atom. The van der Waals surface area contributed by atoms with Gasteiger partial charge in [-0.1, -0.05) is 12.1 Å². The molecule has 0 saturated carbocycles. The number of carbonyl (C=O) groups excluding carboxylic acids is 2. The van der Waals surface area contributed by atoms with Crippen LogP contribution in [0.5, 0.6) is 0 Å². The Morgan fingerprint density at radius 2 is 1.84 bits per heavy atom. The Kier molecular flexibility index (Phi) is 6.46. The smallest absolute Gasteiger partial charge is 0.227 e. The van der Waals surface area contributed by atoms with E-state index in [-0.39, 0.29) is 24.2 Å². The van der Waals surface area contributed by atoms with Crippen LogP contribution in [-0.4, -0.2) is 72.5 Å². The Bertz CT molecular complexity index is 927. The van der Waals surface area contributed by atoms with Crippen molar-refractivity contribution < 1.29 is 9.59 Å². The lowest BCUT2D eigenvalue weighted by Gasteiger charge is -2.34. The lowest BCUT2D eigenvalue weighted by molar-refractivity contribution is -0.126. The van der Waals surface area contributed by atoms with Crippen molar-refractivity contribution in [3.8, 4) is 0 Å². The van der Waals surface area contributed by atoms with Gasteiger partial charge in [-0.25, -0.2) is 9.97 Å². The van der Waals surface area contributed by atoms with Crippen LogP contribution in [0.4, 0.5) is 11.6 Å². The van der Waals surface area contributed by atoms with E-state index in [1.54, 1.807) is 17.3 Å². The molecule has 31 heavy (non-hydrogen) atoms. The number of rotatable bonds is 6. The topological polar surface area (TPSA) is 81.7 Å². The van der Waals surface area contributed by atoms with E-state index in [9.17, 15) is 9.59 Å². The molecule has 0 spiro atoms. The number of amides is 2. The molecule has 2 aromatic rings. The molecule has 8 heteroatoms. The van der Waals surface area contributed by atoms with Gasteiger partial charge >= 0.3 is 0 Å². The SMILES string of the molecule is Cc1cccc(N2CC(C(=O)NCCN3CCN(c4ncccn4)CC3)CC2=O)c1C. The zero-order valence-corrected chi connectivity index (χ0v) is 18.3. The van der Waals surface area contributed by atoms with Gasteiger partial charge < -0.3 is 15.1 Å². The molecule has 0 radical (unpaired) electrons. The number of nitrogens with zero attached hydrogens (tertiary/aromatic N) is 5. The van der Waals surface area contributed by atoms with Crippen LogP contribution in [0.2, 0.25) is 0 Å². The summed E-state index contributed by atoms with van der Waals surface area (Å²) in [5, 5.41) is 3.04. The molecule has 1 atom stereocenters. The standard InChI is InChI=1S/C23H30N6O2/c1-17-5-3-6-20(18(17)2)29-16-19(15-21(29)30)22(31)24-9-10-27-11-13-28(14-12-27)23-25-7-4-8-26-23/h3-8,19H,9-16H2,1-2H3,(H,24,31). The maximum absolute atomic E-state index is 12.7. The molecule has 2 fully saturated rings. The van der Waals surface area contributed by atoms with Crippen molar-refractivity contribution in [1.82, 2.24) is 20.2 Å². The number of nitrogens with one attached hydrogen (secondary N) is 1. The molecule has 2 saturated heterocycles. The van der Waals surface area contributed by atoms with Gasteiger partial charge in [-0.05, 0) is 37.1 Å². The van der Waals surface area contributed by atoms with E-state index in [0.717, 1.165) is 55.5 Å². The summed E-state index contributed by atoms with van der Waals surface area (Å²) in [6.07, 6.45) is 3.80. The van der Waals surface area contributed by atoms with Crippen LogP contribution in [-0.2, 0) is 9.59 Å². The van der Waals surface area contributed by atoms with E-state index in [1.807, 2.05) is 38.1 Å². The third-order valence-corrected chi connectivity index (χ3v) is 6.30. The Hall–Kier alpha value is -3.00. The number of hydrogen-bond donors (Lipinski definition) is 1. The monoisotopic (exact) mass is 422 g/mol. The van der Waals surface area contributed by atoms with Gasteiger partial charge in [0, 0.05) is 70.3 Å². The van der Waals surface area contributed by atoms with Gasteiger partial charge in [0.2, 0.25) is 17.8 Å². The maximum atomic E-state index is 12.7. The fraction of sp³-hybridized carbons (Fsp3) is 0.478. The second-order valence-electron chi connectivity index (χ2n) is 8.29. The van der Waals surface area contributed by atoms with Gasteiger partial charge in [0.05, 0.1) is 5.92 Å². The van der Waals surface area contributed by atoms with E-state index in [4.69, 9.17) is 0 Å². The Morgan fingerprint density at radius 1 is 1.10 bits per heavy atom. The van der Waals surface area contributed by atoms with Gasteiger partial charge in [0.25, 0.3) is 0 Å². The second kappa shape index (κ2) is 9.43. The number of piperazine rings is 1. The summed E-state index contributed by atoms with van der Waals surface area (Å²) in [5.74, 6) is 0.472. The van der Waals surface area contributed by atoms with Gasteiger partial charge in [-0.3, -0.25) is 14.5 Å². The van der Waals surface area contributed by atoms with Crippen LogP contribution in [0.3, 0.4) is 0 Å². The Balaban J connectivity index is 1.22.